The van der Waals surface area contributed by atoms with Crippen molar-refractivity contribution in [2.75, 3.05) is 45.6 Å². The van der Waals surface area contributed by atoms with Crippen LogP contribution >= 0.6 is 0 Å². The van der Waals surface area contributed by atoms with E-state index in [1.54, 1.807) is 6.07 Å². The van der Waals surface area contributed by atoms with Crippen LogP contribution in [-0.4, -0.2) is 106 Å². The van der Waals surface area contributed by atoms with Crippen molar-refractivity contribution >= 4 is 23.3 Å². The van der Waals surface area contributed by atoms with Crippen molar-refractivity contribution < 1.29 is 49.8 Å². The predicted molar refractivity (Wildman–Crippen MR) is 146 cm³/mol. The molecular weight excluding hydrogens is 633 g/mol. The molecule has 0 radical (unpaired) electrons. The number of likely N-dealkylation sites (tertiary alicyclic amines) is 2. The van der Waals surface area contributed by atoms with Gasteiger partial charge in [-0.15, -0.1) is 0 Å². The second-order valence-corrected chi connectivity index (χ2v) is 11.0. The zero-order chi connectivity index (χ0) is 33.4. The topological polar surface area (TPSA) is 140 Å². The van der Waals surface area contributed by atoms with E-state index in [-0.39, 0.29) is 49.7 Å². The minimum absolute atomic E-state index is 0.0395. The van der Waals surface area contributed by atoms with Gasteiger partial charge in [0.15, 0.2) is 12.4 Å². The fourth-order valence-corrected chi connectivity index (χ4v) is 5.58. The molecule has 2 fully saturated rings. The summed E-state index contributed by atoms with van der Waals surface area (Å²) < 4.78 is 102. The maximum atomic E-state index is 14.7. The molecule has 3 N–H and O–H groups in total. The van der Waals surface area contributed by atoms with E-state index in [2.05, 4.69) is 25.1 Å². The zero-order valence-electron chi connectivity index (χ0n) is 24.2. The smallest absolute Gasteiger partial charge is 0.422 e. The Morgan fingerprint density at radius 3 is 2.46 bits per heavy atom. The third-order valence-electron chi connectivity index (χ3n) is 7.87. The first kappa shape index (κ1) is 33.0. The summed E-state index contributed by atoms with van der Waals surface area (Å²) >= 11 is 0. The number of halogens is 7. The van der Waals surface area contributed by atoms with E-state index >= 15 is 0 Å². The van der Waals surface area contributed by atoms with E-state index in [9.17, 15) is 40.3 Å². The van der Waals surface area contributed by atoms with Crippen molar-refractivity contribution in [1.82, 2.24) is 34.7 Å². The number of nitrogen functional groups attached to an aromatic ring is 1. The molecular formula is C27H29F7N8O4. The second kappa shape index (κ2) is 12.8. The second-order valence-electron chi connectivity index (χ2n) is 11.0. The quantitative estimate of drug-likeness (QED) is 0.363. The summed E-state index contributed by atoms with van der Waals surface area (Å²) in [5, 5.41) is 6.70. The molecule has 2 atom stereocenters. The van der Waals surface area contributed by atoms with Crippen LogP contribution in [0.25, 0.3) is 16.8 Å². The average Bonchev–Trinajstić information content (AvgIpc) is 3.55. The van der Waals surface area contributed by atoms with Gasteiger partial charge in [-0.25, -0.2) is 23.7 Å². The lowest BCUT2D eigenvalue weighted by Gasteiger charge is -2.32. The van der Waals surface area contributed by atoms with Crippen LogP contribution in [-0.2, 0) is 11.3 Å². The van der Waals surface area contributed by atoms with Gasteiger partial charge in [-0.2, -0.15) is 31.4 Å². The van der Waals surface area contributed by atoms with Gasteiger partial charge in [0.1, 0.15) is 23.6 Å². The lowest BCUT2D eigenvalue weighted by atomic mass is 9.96. The predicted octanol–water partition coefficient (Wildman–Crippen LogP) is 3.61. The molecule has 0 bridgehead atoms. The maximum absolute atomic E-state index is 14.7. The number of hydrogen-bond acceptors (Lipinski definition) is 9. The number of ether oxygens (including phenoxy) is 2. The normalized spacial score (nSPS) is 19.9. The van der Waals surface area contributed by atoms with Crippen molar-refractivity contribution in [2.24, 2.45) is 5.92 Å². The first-order valence-electron chi connectivity index (χ1n) is 14.0. The molecule has 3 aromatic rings. The van der Waals surface area contributed by atoms with Crippen LogP contribution in [0, 0.1) is 5.92 Å². The number of aromatic nitrogens is 4. The molecule has 3 aromatic heterocycles. The van der Waals surface area contributed by atoms with Gasteiger partial charge >= 0.3 is 18.4 Å². The standard InChI is InChI=1S/C27H29F7N8O4/c1-45-24-17(23(43)39-19-11-41(10-18(19)28)25(44)46-12-26(29,30)31)6-14(8-36-24)20-7-15(21-22(35)37-13-38-42(20)21)9-40-4-2-16(3-5-40)27(32,33)34/h6-8,13,16,18-19H,2-5,9-12H2,1H3,(H,39,43)(H2,35,37,38)/t18-,19+/m0/s1. The van der Waals surface area contributed by atoms with Gasteiger partial charge in [0.2, 0.25) is 5.88 Å². The fraction of sp³-hybridized carbons (Fsp3) is 0.519. The third kappa shape index (κ3) is 7.18. The van der Waals surface area contributed by atoms with E-state index in [0.717, 1.165) is 4.90 Å². The van der Waals surface area contributed by atoms with Gasteiger partial charge in [0, 0.05) is 24.8 Å². The molecule has 0 aromatic carbocycles. The Labute approximate surface area is 256 Å². The summed E-state index contributed by atoms with van der Waals surface area (Å²) in [5.74, 6) is -2.21. The van der Waals surface area contributed by atoms with Gasteiger partial charge in [0.25, 0.3) is 5.91 Å². The molecule has 250 valence electrons. The summed E-state index contributed by atoms with van der Waals surface area (Å²) in [6.45, 7) is -2.19. The molecule has 0 aliphatic carbocycles. The minimum Gasteiger partial charge on any atom is -0.480 e. The number of nitrogens with two attached hydrogens (primary N) is 1. The number of nitrogens with one attached hydrogen (secondary N) is 1. The molecule has 0 saturated carbocycles. The van der Waals surface area contributed by atoms with Gasteiger partial charge in [-0.1, -0.05) is 0 Å². The molecule has 2 aliphatic rings. The van der Waals surface area contributed by atoms with Gasteiger partial charge in [0.05, 0.1) is 31.3 Å². The van der Waals surface area contributed by atoms with Crippen LogP contribution in [0.4, 0.5) is 41.3 Å². The minimum atomic E-state index is -4.76. The van der Waals surface area contributed by atoms with Crippen molar-refractivity contribution in [1.29, 1.82) is 0 Å². The Morgan fingerprint density at radius 1 is 1.09 bits per heavy atom. The molecule has 5 rings (SSSR count). The summed E-state index contributed by atoms with van der Waals surface area (Å²) in [6, 6.07) is 1.84. The number of carbonyl (C=O) groups excluding carboxylic acids is 2. The molecule has 2 amide bonds. The Hall–Kier alpha value is -4.42. The summed E-state index contributed by atoms with van der Waals surface area (Å²) in [7, 11) is 1.26. The number of anilines is 1. The molecule has 0 spiro atoms. The fourth-order valence-electron chi connectivity index (χ4n) is 5.58. The number of methoxy groups -OCH3 is 1. The van der Waals surface area contributed by atoms with Crippen LogP contribution < -0.4 is 15.8 Å². The molecule has 2 aliphatic heterocycles. The zero-order valence-corrected chi connectivity index (χ0v) is 24.2. The summed E-state index contributed by atoms with van der Waals surface area (Å²) in [4.78, 5) is 36.1. The molecule has 46 heavy (non-hydrogen) atoms. The highest BCUT2D eigenvalue weighted by molar-refractivity contribution is 5.98. The van der Waals surface area contributed by atoms with Crippen LogP contribution in [0.3, 0.4) is 0 Å². The van der Waals surface area contributed by atoms with Gasteiger partial charge < -0.3 is 25.4 Å². The van der Waals surface area contributed by atoms with Crippen molar-refractivity contribution in [2.45, 2.75) is 44.0 Å². The Bertz CT molecular complexity index is 1590. The number of fused-ring (bicyclic) bond motifs is 1. The molecule has 2 saturated heterocycles. The monoisotopic (exact) mass is 662 g/mol. The number of carbonyl (C=O) groups is 2. The van der Waals surface area contributed by atoms with E-state index < -0.39 is 62.2 Å². The first-order valence-corrected chi connectivity index (χ1v) is 14.0. The summed E-state index contributed by atoms with van der Waals surface area (Å²) in [5.41, 5.74) is 7.85. The van der Waals surface area contributed by atoms with E-state index in [1.807, 2.05) is 4.90 Å². The number of pyridine rings is 1. The van der Waals surface area contributed by atoms with Crippen LogP contribution in [0.5, 0.6) is 5.88 Å². The Kier molecular flexibility index (Phi) is 9.14. The lowest BCUT2D eigenvalue weighted by Crippen LogP contribution is -2.42. The first-order chi connectivity index (χ1) is 21.6. The summed E-state index contributed by atoms with van der Waals surface area (Å²) in [6.07, 6.45) is -9.67. The van der Waals surface area contributed by atoms with E-state index in [1.165, 1.54) is 30.2 Å². The lowest BCUT2D eigenvalue weighted by molar-refractivity contribution is -0.185. The van der Waals surface area contributed by atoms with Crippen molar-refractivity contribution in [3.8, 4) is 17.1 Å². The Balaban J connectivity index is 1.36. The average molecular weight is 663 g/mol. The molecule has 12 nitrogen and oxygen atoms in total. The number of rotatable bonds is 7. The highest BCUT2D eigenvalue weighted by Crippen LogP contribution is 2.36. The number of piperidine rings is 1. The van der Waals surface area contributed by atoms with Crippen molar-refractivity contribution in [3.63, 3.8) is 0 Å². The largest absolute Gasteiger partial charge is 0.480 e. The number of nitrogens with zero attached hydrogens (tertiary/aromatic N) is 6. The highest BCUT2D eigenvalue weighted by Gasteiger charge is 2.41. The van der Waals surface area contributed by atoms with Crippen LogP contribution in [0.2, 0.25) is 0 Å². The van der Waals surface area contributed by atoms with Gasteiger partial charge in [-0.3, -0.25) is 9.69 Å². The van der Waals surface area contributed by atoms with E-state index in [4.69, 9.17) is 10.5 Å². The highest BCUT2D eigenvalue weighted by atomic mass is 19.4. The molecule has 5 heterocycles. The number of hydrogen-bond donors (Lipinski definition) is 2. The molecule has 0 unspecified atom stereocenters. The van der Waals surface area contributed by atoms with Gasteiger partial charge in [-0.05, 0) is 43.6 Å². The number of alkyl halides is 7. The molecule has 19 heteroatoms. The van der Waals surface area contributed by atoms with E-state index in [0.29, 0.717) is 22.3 Å². The van der Waals surface area contributed by atoms with Crippen LogP contribution in [0.15, 0.2) is 24.7 Å². The van der Waals surface area contributed by atoms with Crippen molar-refractivity contribution in [3.05, 3.63) is 35.8 Å². The third-order valence-corrected chi connectivity index (χ3v) is 7.87. The number of amides is 2. The Morgan fingerprint density at radius 2 is 1.80 bits per heavy atom. The SMILES string of the molecule is COc1ncc(-c2cc(CN3CCC(C(F)(F)F)CC3)c3c(N)ncnn23)cc1C(=O)N[C@@H]1CN(C(=O)OCC(F)(F)F)C[C@@H]1F. The van der Waals surface area contributed by atoms with Crippen LogP contribution in [0.1, 0.15) is 28.8 Å². The maximum Gasteiger partial charge on any atom is 0.422 e.